The summed E-state index contributed by atoms with van der Waals surface area (Å²) in [6, 6.07) is 7.45. The number of ether oxygens (including phenoxy) is 1. The maximum atomic E-state index is 12.4. The molecule has 0 aliphatic heterocycles. The zero-order valence-corrected chi connectivity index (χ0v) is 12.8. The number of rotatable bonds is 8. The van der Waals surface area contributed by atoms with Gasteiger partial charge in [0.15, 0.2) is 5.78 Å². The Bertz CT molecular complexity index is 416. The zero-order valence-electron chi connectivity index (χ0n) is 12.8. The predicted octanol–water partition coefficient (Wildman–Crippen LogP) is 1.76. The monoisotopic (exact) mass is 279 g/mol. The predicted molar refractivity (Wildman–Crippen MR) is 80.1 cm³/mol. The van der Waals surface area contributed by atoms with Crippen LogP contribution in [0.1, 0.15) is 29.8 Å². The van der Waals surface area contributed by atoms with Crippen LogP contribution in [0.25, 0.3) is 0 Å². The van der Waals surface area contributed by atoms with Gasteiger partial charge in [0.05, 0.1) is 18.8 Å². The smallest absolute Gasteiger partial charge is 0.179 e. The second-order valence-electron chi connectivity index (χ2n) is 5.14. The van der Waals surface area contributed by atoms with Gasteiger partial charge in [-0.25, -0.2) is 0 Å². The molecule has 20 heavy (non-hydrogen) atoms. The second-order valence-corrected chi connectivity index (χ2v) is 5.14. The molecule has 1 aromatic carbocycles. The molecule has 0 bridgehead atoms. The Morgan fingerprint density at radius 1 is 1.35 bits per heavy atom. The number of carbonyl (C=O) groups excluding carboxylic acids is 1. The van der Waals surface area contributed by atoms with Crippen LogP contribution in [0.5, 0.6) is 0 Å². The molecule has 112 valence electrons. The number of ketones is 1. The Labute approximate surface area is 121 Å². The lowest BCUT2D eigenvalue weighted by molar-refractivity contribution is 0.0351. The minimum Gasteiger partial charge on any atom is -0.389 e. The lowest BCUT2D eigenvalue weighted by atomic mass is 10.0. The summed E-state index contributed by atoms with van der Waals surface area (Å²) in [5, 5.41) is 9.71. The van der Waals surface area contributed by atoms with Crippen molar-refractivity contribution < 1.29 is 14.6 Å². The minimum atomic E-state index is -0.581. The average molecular weight is 279 g/mol. The molecule has 0 heterocycles. The van der Waals surface area contributed by atoms with E-state index in [1.54, 1.807) is 7.11 Å². The van der Waals surface area contributed by atoms with Gasteiger partial charge in [-0.3, -0.25) is 9.69 Å². The summed E-state index contributed by atoms with van der Waals surface area (Å²) in [7, 11) is 3.38. The minimum absolute atomic E-state index is 0.0692. The van der Waals surface area contributed by atoms with Gasteiger partial charge in [0.25, 0.3) is 0 Å². The van der Waals surface area contributed by atoms with Crippen LogP contribution in [0.4, 0.5) is 0 Å². The quantitative estimate of drug-likeness (QED) is 0.737. The van der Waals surface area contributed by atoms with Crippen molar-refractivity contribution >= 4 is 5.78 Å². The summed E-state index contributed by atoms with van der Waals surface area (Å²) in [5.41, 5.74) is 1.93. The number of carbonyl (C=O) groups is 1. The van der Waals surface area contributed by atoms with Crippen molar-refractivity contribution in [2.75, 3.05) is 27.3 Å². The number of aliphatic hydroxyl groups excluding tert-OH is 1. The van der Waals surface area contributed by atoms with Crippen molar-refractivity contribution in [2.45, 2.75) is 32.4 Å². The highest BCUT2D eigenvalue weighted by atomic mass is 16.5. The van der Waals surface area contributed by atoms with Crippen molar-refractivity contribution in [1.29, 1.82) is 0 Å². The number of methoxy groups -OCH3 is 1. The van der Waals surface area contributed by atoms with Crippen LogP contribution in [-0.4, -0.2) is 55.2 Å². The topological polar surface area (TPSA) is 49.8 Å². The fraction of sp³-hybridized carbons (Fsp3) is 0.562. The molecule has 4 heteroatoms. The Morgan fingerprint density at radius 2 is 1.95 bits per heavy atom. The number of aryl methyl sites for hydroxylation is 1. The molecule has 0 aliphatic carbocycles. The summed E-state index contributed by atoms with van der Waals surface area (Å²) >= 11 is 0. The van der Waals surface area contributed by atoms with Crippen LogP contribution in [0.2, 0.25) is 0 Å². The van der Waals surface area contributed by atoms with E-state index in [1.807, 2.05) is 43.1 Å². The summed E-state index contributed by atoms with van der Waals surface area (Å²) in [6.45, 7) is 4.63. The number of nitrogens with zero attached hydrogens (tertiary/aromatic N) is 1. The van der Waals surface area contributed by atoms with Crippen LogP contribution in [0, 0.1) is 0 Å². The molecule has 0 aromatic heterocycles. The zero-order chi connectivity index (χ0) is 15.1. The van der Waals surface area contributed by atoms with E-state index >= 15 is 0 Å². The number of hydrogen-bond acceptors (Lipinski definition) is 4. The molecule has 0 saturated heterocycles. The Kier molecular flexibility index (Phi) is 6.85. The third-order valence-corrected chi connectivity index (χ3v) is 3.55. The lowest BCUT2D eigenvalue weighted by Gasteiger charge is -2.25. The number of aliphatic hydroxyl groups is 1. The van der Waals surface area contributed by atoms with Gasteiger partial charge in [-0.15, -0.1) is 0 Å². The first kappa shape index (κ1) is 16.8. The molecule has 4 nitrogen and oxygen atoms in total. The standard InChI is InChI=1S/C16H25NO3/c1-5-13-6-8-14(9-7-13)16(19)12(2)17(3)10-15(18)11-20-4/h6-9,12,15,18H,5,10-11H2,1-4H3. The van der Waals surface area contributed by atoms with E-state index in [2.05, 4.69) is 6.92 Å². The maximum absolute atomic E-state index is 12.4. The molecule has 1 rings (SSSR count). The number of benzene rings is 1. The molecule has 0 spiro atoms. The molecule has 0 radical (unpaired) electrons. The van der Waals surface area contributed by atoms with Gasteiger partial charge < -0.3 is 9.84 Å². The van der Waals surface area contributed by atoms with Crippen LogP contribution in [0.3, 0.4) is 0 Å². The van der Waals surface area contributed by atoms with Gasteiger partial charge in [-0.1, -0.05) is 31.2 Å². The van der Waals surface area contributed by atoms with E-state index in [0.717, 1.165) is 6.42 Å². The third kappa shape index (κ3) is 4.71. The summed E-state index contributed by atoms with van der Waals surface area (Å²) in [5.74, 6) is 0.0692. The van der Waals surface area contributed by atoms with Crippen molar-refractivity contribution in [3.05, 3.63) is 35.4 Å². The molecule has 0 saturated carbocycles. The van der Waals surface area contributed by atoms with Gasteiger partial charge in [0.2, 0.25) is 0 Å². The Morgan fingerprint density at radius 3 is 2.45 bits per heavy atom. The summed E-state index contributed by atoms with van der Waals surface area (Å²) in [4.78, 5) is 14.2. The Balaban J connectivity index is 2.64. The second kappa shape index (κ2) is 8.15. The van der Waals surface area contributed by atoms with Crippen molar-refractivity contribution in [3.63, 3.8) is 0 Å². The lowest BCUT2D eigenvalue weighted by Crippen LogP contribution is -2.41. The van der Waals surface area contributed by atoms with E-state index in [0.29, 0.717) is 12.1 Å². The van der Waals surface area contributed by atoms with Gasteiger partial charge in [0, 0.05) is 19.2 Å². The SMILES string of the molecule is CCc1ccc(C(=O)C(C)N(C)CC(O)COC)cc1. The van der Waals surface area contributed by atoms with Crippen LogP contribution >= 0.6 is 0 Å². The molecule has 0 aliphatic rings. The highest BCUT2D eigenvalue weighted by Crippen LogP contribution is 2.11. The molecule has 1 N–H and O–H groups in total. The van der Waals surface area contributed by atoms with Crippen LogP contribution in [-0.2, 0) is 11.2 Å². The van der Waals surface area contributed by atoms with Gasteiger partial charge in [-0.05, 0) is 26.0 Å². The average Bonchev–Trinajstić information content (AvgIpc) is 2.46. The normalized spacial score (nSPS) is 14.3. The van der Waals surface area contributed by atoms with Crippen LogP contribution < -0.4 is 0 Å². The van der Waals surface area contributed by atoms with Gasteiger partial charge >= 0.3 is 0 Å². The summed E-state index contributed by atoms with van der Waals surface area (Å²) in [6.07, 6.45) is 0.385. The van der Waals surface area contributed by atoms with E-state index < -0.39 is 6.10 Å². The molecule has 2 unspecified atom stereocenters. The highest BCUT2D eigenvalue weighted by molar-refractivity contribution is 5.99. The van der Waals surface area contributed by atoms with Crippen molar-refractivity contribution in [2.24, 2.45) is 0 Å². The molecular formula is C16H25NO3. The fourth-order valence-electron chi connectivity index (χ4n) is 2.08. The third-order valence-electron chi connectivity index (χ3n) is 3.55. The van der Waals surface area contributed by atoms with E-state index in [9.17, 15) is 9.90 Å². The summed E-state index contributed by atoms with van der Waals surface area (Å²) < 4.78 is 4.89. The first-order valence-electron chi connectivity index (χ1n) is 7.00. The first-order valence-corrected chi connectivity index (χ1v) is 7.00. The number of likely N-dealkylation sites (N-methyl/N-ethyl adjacent to an activating group) is 1. The van der Waals surface area contributed by atoms with Gasteiger partial charge in [-0.2, -0.15) is 0 Å². The Hall–Kier alpha value is -1.23. The first-order chi connectivity index (χ1) is 9.49. The van der Waals surface area contributed by atoms with Crippen molar-refractivity contribution in [3.8, 4) is 0 Å². The van der Waals surface area contributed by atoms with E-state index in [4.69, 9.17) is 4.74 Å². The molecule has 2 atom stereocenters. The van der Waals surface area contributed by atoms with Gasteiger partial charge in [0.1, 0.15) is 0 Å². The molecular weight excluding hydrogens is 254 g/mol. The maximum Gasteiger partial charge on any atom is 0.179 e. The molecule has 0 amide bonds. The fourth-order valence-corrected chi connectivity index (χ4v) is 2.08. The largest absolute Gasteiger partial charge is 0.389 e. The molecule has 0 fully saturated rings. The van der Waals surface area contributed by atoms with Crippen molar-refractivity contribution in [1.82, 2.24) is 4.90 Å². The number of Topliss-reactive ketones (excluding diaryl/α,β-unsaturated/α-hetero) is 1. The highest BCUT2D eigenvalue weighted by Gasteiger charge is 2.21. The van der Waals surface area contributed by atoms with Crippen LogP contribution in [0.15, 0.2) is 24.3 Å². The van der Waals surface area contributed by atoms with E-state index in [-0.39, 0.29) is 18.4 Å². The molecule has 1 aromatic rings. The van der Waals surface area contributed by atoms with E-state index in [1.165, 1.54) is 5.56 Å². The number of hydrogen-bond donors (Lipinski definition) is 1.